The Morgan fingerprint density at radius 2 is 1.90 bits per heavy atom. The fourth-order valence-electron chi connectivity index (χ4n) is 2.65. The SMILES string of the molecule is COc1ccc(OC)c(Nc2nc(CC(=O)Nc3nc(C)c(C(=O)N(C)C)s3)cs2)c1. The Bertz CT molecular complexity index is 1090. The first-order chi connectivity index (χ1) is 14.8. The van der Waals surface area contributed by atoms with E-state index in [1.807, 2.05) is 11.4 Å². The zero-order chi connectivity index (χ0) is 22.5. The molecule has 0 radical (unpaired) electrons. The molecule has 0 unspecified atom stereocenters. The molecule has 0 saturated heterocycles. The number of ether oxygens (including phenoxy) is 2. The van der Waals surface area contributed by atoms with E-state index in [0.717, 1.165) is 11.3 Å². The number of carbonyl (C=O) groups is 2. The second-order valence-corrected chi connectivity index (χ2v) is 8.55. The Morgan fingerprint density at radius 1 is 1.13 bits per heavy atom. The lowest BCUT2D eigenvalue weighted by Crippen LogP contribution is -2.21. The summed E-state index contributed by atoms with van der Waals surface area (Å²) in [6.07, 6.45) is 0.0863. The molecule has 2 N–H and O–H groups in total. The van der Waals surface area contributed by atoms with Crippen molar-refractivity contribution in [3.63, 3.8) is 0 Å². The van der Waals surface area contributed by atoms with Gasteiger partial charge in [-0.3, -0.25) is 9.59 Å². The summed E-state index contributed by atoms with van der Waals surface area (Å²) in [6, 6.07) is 5.41. The first-order valence-electron chi connectivity index (χ1n) is 9.23. The van der Waals surface area contributed by atoms with Crippen molar-refractivity contribution in [3.8, 4) is 11.5 Å². The highest BCUT2D eigenvalue weighted by molar-refractivity contribution is 7.17. The van der Waals surface area contributed by atoms with Crippen molar-refractivity contribution in [1.82, 2.24) is 14.9 Å². The normalized spacial score (nSPS) is 10.5. The van der Waals surface area contributed by atoms with Crippen LogP contribution < -0.4 is 20.1 Å². The number of aromatic nitrogens is 2. The third kappa shape index (κ3) is 5.50. The van der Waals surface area contributed by atoms with E-state index in [4.69, 9.17) is 9.47 Å². The van der Waals surface area contributed by atoms with Crippen molar-refractivity contribution in [3.05, 3.63) is 39.8 Å². The molecule has 2 heterocycles. The number of methoxy groups -OCH3 is 2. The molecule has 3 aromatic rings. The van der Waals surface area contributed by atoms with E-state index in [2.05, 4.69) is 20.6 Å². The number of thiazole rings is 2. The van der Waals surface area contributed by atoms with Crippen LogP contribution in [0.4, 0.5) is 16.0 Å². The number of hydrogen-bond donors (Lipinski definition) is 2. The van der Waals surface area contributed by atoms with Gasteiger partial charge in [-0.05, 0) is 19.1 Å². The summed E-state index contributed by atoms with van der Waals surface area (Å²) in [7, 11) is 6.53. The summed E-state index contributed by atoms with van der Waals surface area (Å²) in [5, 5.41) is 8.76. The number of amides is 2. The Balaban J connectivity index is 1.64. The molecule has 1 aromatic carbocycles. The van der Waals surface area contributed by atoms with E-state index >= 15 is 0 Å². The number of nitrogens with zero attached hydrogens (tertiary/aromatic N) is 3. The number of hydrogen-bond acceptors (Lipinski definition) is 9. The molecule has 164 valence electrons. The highest BCUT2D eigenvalue weighted by Crippen LogP contribution is 2.32. The van der Waals surface area contributed by atoms with Crippen LogP contribution in [-0.2, 0) is 11.2 Å². The van der Waals surface area contributed by atoms with Crippen LogP contribution in [0.2, 0.25) is 0 Å². The maximum atomic E-state index is 12.4. The minimum absolute atomic E-state index is 0.0863. The quantitative estimate of drug-likeness (QED) is 0.528. The van der Waals surface area contributed by atoms with Crippen LogP contribution in [0.5, 0.6) is 11.5 Å². The fraction of sp³-hybridized carbons (Fsp3) is 0.300. The molecular weight excluding hydrogens is 438 g/mol. The van der Waals surface area contributed by atoms with E-state index in [9.17, 15) is 9.59 Å². The first kappa shape index (κ1) is 22.5. The van der Waals surface area contributed by atoms with Gasteiger partial charge in [0.2, 0.25) is 5.91 Å². The van der Waals surface area contributed by atoms with Crippen LogP contribution in [0.15, 0.2) is 23.6 Å². The third-order valence-corrected chi connectivity index (χ3v) is 6.05. The van der Waals surface area contributed by atoms with Crippen LogP contribution in [0, 0.1) is 6.92 Å². The fourth-order valence-corrected chi connectivity index (χ4v) is 4.38. The van der Waals surface area contributed by atoms with Crippen molar-refractivity contribution in [2.75, 3.05) is 38.9 Å². The molecule has 0 bridgehead atoms. The number of carbonyl (C=O) groups excluding carboxylic acids is 2. The number of nitrogens with one attached hydrogen (secondary N) is 2. The molecule has 0 aliphatic heterocycles. The van der Waals surface area contributed by atoms with Crippen molar-refractivity contribution >= 4 is 50.4 Å². The third-order valence-electron chi connectivity index (χ3n) is 4.19. The highest BCUT2D eigenvalue weighted by atomic mass is 32.1. The van der Waals surface area contributed by atoms with Gasteiger partial charge >= 0.3 is 0 Å². The smallest absolute Gasteiger partial charge is 0.265 e. The predicted molar refractivity (Wildman–Crippen MR) is 122 cm³/mol. The molecule has 3 rings (SSSR count). The van der Waals surface area contributed by atoms with Crippen LogP contribution in [0.25, 0.3) is 0 Å². The Morgan fingerprint density at radius 3 is 2.58 bits per heavy atom. The Hall–Kier alpha value is -3.18. The van der Waals surface area contributed by atoms with Gasteiger partial charge in [-0.25, -0.2) is 9.97 Å². The predicted octanol–water partition coefficient (Wildman–Crippen LogP) is 3.55. The zero-order valence-electron chi connectivity index (χ0n) is 17.8. The molecule has 9 nitrogen and oxygen atoms in total. The summed E-state index contributed by atoms with van der Waals surface area (Å²) in [6.45, 7) is 1.74. The van der Waals surface area contributed by atoms with E-state index in [0.29, 0.717) is 43.7 Å². The molecule has 0 aliphatic rings. The lowest BCUT2D eigenvalue weighted by atomic mass is 10.2. The van der Waals surface area contributed by atoms with E-state index in [1.165, 1.54) is 16.2 Å². The molecule has 0 saturated carbocycles. The average molecular weight is 462 g/mol. The number of rotatable bonds is 8. The minimum Gasteiger partial charge on any atom is -0.497 e. The van der Waals surface area contributed by atoms with E-state index in [-0.39, 0.29) is 18.2 Å². The second-order valence-electron chi connectivity index (χ2n) is 6.69. The van der Waals surface area contributed by atoms with E-state index < -0.39 is 0 Å². The summed E-state index contributed by atoms with van der Waals surface area (Å²) >= 11 is 2.54. The van der Waals surface area contributed by atoms with Gasteiger partial charge in [0, 0.05) is 25.5 Å². The topological polar surface area (TPSA) is 106 Å². The largest absolute Gasteiger partial charge is 0.497 e. The maximum Gasteiger partial charge on any atom is 0.265 e. The van der Waals surface area contributed by atoms with E-state index in [1.54, 1.807) is 47.4 Å². The molecule has 0 atom stereocenters. The zero-order valence-corrected chi connectivity index (χ0v) is 19.4. The number of benzene rings is 1. The van der Waals surface area contributed by atoms with Gasteiger partial charge < -0.3 is 25.0 Å². The lowest BCUT2D eigenvalue weighted by Gasteiger charge is -2.10. The van der Waals surface area contributed by atoms with Gasteiger partial charge in [0.05, 0.1) is 37.7 Å². The minimum atomic E-state index is -0.256. The van der Waals surface area contributed by atoms with Gasteiger partial charge in [-0.15, -0.1) is 11.3 Å². The first-order valence-corrected chi connectivity index (χ1v) is 10.9. The molecule has 0 spiro atoms. The summed E-state index contributed by atoms with van der Waals surface area (Å²) in [4.78, 5) is 35.3. The summed E-state index contributed by atoms with van der Waals surface area (Å²) in [5.41, 5.74) is 1.92. The van der Waals surface area contributed by atoms with Crippen molar-refractivity contribution < 1.29 is 19.1 Å². The van der Waals surface area contributed by atoms with Crippen LogP contribution in [0.3, 0.4) is 0 Å². The lowest BCUT2D eigenvalue weighted by molar-refractivity contribution is -0.115. The van der Waals surface area contributed by atoms with Gasteiger partial charge in [-0.2, -0.15) is 0 Å². The average Bonchev–Trinajstić information content (AvgIpc) is 3.32. The van der Waals surface area contributed by atoms with Crippen molar-refractivity contribution in [2.24, 2.45) is 0 Å². The Kier molecular flexibility index (Phi) is 7.08. The Labute approximate surface area is 188 Å². The summed E-state index contributed by atoms with van der Waals surface area (Å²) < 4.78 is 10.6. The molecule has 0 aliphatic carbocycles. The number of aryl methyl sites for hydroxylation is 1. The van der Waals surface area contributed by atoms with Crippen LogP contribution in [-0.4, -0.2) is 55.0 Å². The standard InChI is InChI=1S/C20H23N5O4S2/c1-11-17(18(27)25(2)3)31-20(21-11)24-16(26)8-12-10-30-19(22-12)23-14-9-13(28-4)6-7-15(14)29-5/h6-7,9-10H,8H2,1-5H3,(H,22,23)(H,21,24,26). The van der Waals surface area contributed by atoms with Gasteiger partial charge in [0.15, 0.2) is 10.3 Å². The van der Waals surface area contributed by atoms with Gasteiger partial charge in [0.1, 0.15) is 16.4 Å². The van der Waals surface area contributed by atoms with Crippen molar-refractivity contribution in [2.45, 2.75) is 13.3 Å². The molecule has 0 fully saturated rings. The monoisotopic (exact) mass is 461 g/mol. The molecule has 2 amide bonds. The molecular formula is C20H23N5O4S2. The summed E-state index contributed by atoms with van der Waals surface area (Å²) in [5.74, 6) is 0.940. The van der Waals surface area contributed by atoms with Gasteiger partial charge in [-0.1, -0.05) is 11.3 Å². The molecule has 31 heavy (non-hydrogen) atoms. The molecule has 2 aromatic heterocycles. The van der Waals surface area contributed by atoms with Crippen LogP contribution >= 0.6 is 22.7 Å². The maximum absolute atomic E-state index is 12.4. The van der Waals surface area contributed by atoms with Crippen molar-refractivity contribution in [1.29, 1.82) is 0 Å². The highest BCUT2D eigenvalue weighted by Gasteiger charge is 2.18. The van der Waals surface area contributed by atoms with Gasteiger partial charge in [0.25, 0.3) is 5.91 Å². The van der Waals surface area contributed by atoms with Crippen LogP contribution in [0.1, 0.15) is 21.1 Å². The number of anilines is 3. The second kappa shape index (κ2) is 9.75. The molecule has 11 heteroatoms.